The number of amides is 2. The predicted octanol–water partition coefficient (Wildman–Crippen LogP) is 3.60. The number of carbonyl (C=O) groups is 2. The van der Waals surface area contributed by atoms with Gasteiger partial charge in [-0.3, -0.25) is 14.5 Å². The summed E-state index contributed by atoms with van der Waals surface area (Å²) in [6.07, 6.45) is 0.833. The zero-order valence-corrected chi connectivity index (χ0v) is 20.1. The van der Waals surface area contributed by atoms with E-state index in [2.05, 4.69) is 10.2 Å². The second-order valence-electron chi connectivity index (χ2n) is 10.4. The minimum Gasteiger partial charge on any atom is -0.387 e. The molecule has 2 amide bonds. The van der Waals surface area contributed by atoms with Gasteiger partial charge in [0.25, 0.3) is 5.91 Å². The number of aliphatic hydroxyl groups excluding tert-OH is 1. The molecule has 1 aromatic rings. The molecule has 0 radical (unpaired) electrons. The first-order valence-corrected chi connectivity index (χ1v) is 12.8. The molecule has 2 bridgehead atoms. The van der Waals surface area contributed by atoms with Crippen molar-refractivity contribution in [2.75, 3.05) is 26.2 Å². The SMILES string of the molecule is O=C(NC1CC2CCC(C1)N2CCN(CC1CCC(C(F)(F)F)CC1)C(=O)CO)c1ccccc1. The van der Waals surface area contributed by atoms with Gasteiger partial charge in [-0.05, 0) is 69.4 Å². The zero-order valence-electron chi connectivity index (χ0n) is 20.1. The van der Waals surface area contributed by atoms with Gasteiger partial charge in [-0.25, -0.2) is 0 Å². The maximum absolute atomic E-state index is 13.0. The molecule has 2 aliphatic heterocycles. The second-order valence-corrected chi connectivity index (χ2v) is 10.4. The van der Waals surface area contributed by atoms with Crippen molar-refractivity contribution in [1.29, 1.82) is 0 Å². The van der Waals surface area contributed by atoms with Crippen molar-refractivity contribution in [3.63, 3.8) is 0 Å². The molecule has 3 fully saturated rings. The van der Waals surface area contributed by atoms with Gasteiger partial charge < -0.3 is 15.3 Å². The van der Waals surface area contributed by atoms with E-state index in [0.29, 0.717) is 50.1 Å². The van der Waals surface area contributed by atoms with Crippen LogP contribution in [-0.4, -0.2) is 77.3 Å². The van der Waals surface area contributed by atoms with Crippen LogP contribution in [0.2, 0.25) is 0 Å². The molecule has 2 unspecified atom stereocenters. The molecule has 2 saturated heterocycles. The summed E-state index contributed by atoms with van der Waals surface area (Å²) in [7, 11) is 0. The summed E-state index contributed by atoms with van der Waals surface area (Å²) in [5.41, 5.74) is 0.657. The maximum Gasteiger partial charge on any atom is 0.391 e. The predicted molar refractivity (Wildman–Crippen MR) is 126 cm³/mol. The van der Waals surface area contributed by atoms with Gasteiger partial charge in [0.1, 0.15) is 6.61 Å². The number of hydrogen-bond donors (Lipinski definition) is 2. The van der Waals surface area contributed by atoms with Gasteiger partial charge in [-0.1, -0.05) is 18.2 Å². The molecule has 2 heterocycles. The summed E-state index contributed by atoms with van der Waals surface area (Å²) in [6, 6.07) is 9.99. The van der Waals surface area contributed by atoms with E-state index in [1.54, 1.807) is 17.0 Å². The van der Waals surface area contributed by atoms with Gasteiger partial charge >= 0.3 is 6.18 Å². The lowest BCUT2D eigenvalue weighted by molar-refractivity contribution is -0.184. The number of nitrogens with zero attached hydrogens (tertiary/aromatic N) is 2. The quantitative estimate of drug-likeness (QED) is 0.578. The van der Waals surface area contributed by atoms with Crippen molar-refractivity contribution in [3.05, 3.63) is 35.9 Å². The molecular weight excluding hydrogens is 459 g/mol. The molecule has 0 spiro atoms. The first-order valence-electron chi connectivity index (χ1n) is 12.8. The Balaban J connectivity index is 1.27. The Morgan fingerprint density at radius 1 is 1.00 bits per heavy atom. The third kappa shape index (κ3) is 6.55. The average molecular weight is 496 g/mol. The molecule has 2 atom stereocenters. The van der Waals surface area contributed by atoms with Crippen LogP contribution in [0.4, 0.5) is 13.2 Å². The Kier molecular flexibility index (Phi) is 8.37. The smallest absolute Gasteiger partial charge is 0.387 e. The Labute approximate surface area is 204 Å². The summed E-state index contributed by atoms with van der Waals surface area (Å²) in [6.45, 7) is 0.964. The molecule has 4 rings (SSSR count). The van der Waals surface area contributed by atoms with Crippen molar-refractivity contribution >= 4 is 11.8 Å². The third-order valence-electron chi connectivity index (χ3n) is 8.16. The fourth-order valence-corrected chi connectivity index (χ4v) is 6.25. The number of aliphatic hydroxyl groups is 1. The largest absolute Gasteiger partial charge is 0.391 e. The lowest BCUT2D eigenvalue weighted by atomic mass is 9.81. The van der Waals surface area contributed by atoms with Crippen molar-refractivity contribution in [2.24, 2.45) is 11.8 Å². The highest BCUT2D eigenvalue weighted by Gasteiger charge is 2.43. The molecule has 194 valence electrons. The highest BCUT2D eigenvalue weighted by molar-refractivity contribution is 5.94. The lowest BCUT2D eigenvalue weighted by Gasteiger charge is -2.40. The number of carbonyl (C=O) groups excluding carboxylic acids is 2. The van der Waals surface area contributed by atoms with Gasteiger partial charge in [0.05, 0.1) is 5.92 Å². The first kappa shape index (κ1) is 25.9. The topological polar surface area (TPSA) is 72.9 Å². The number of fused-ring (bicyclic) bond motifs is 2. The molecule has 6 nitrogen and oxygen atoms in total. The molecule has 1 aromatic carbocycles. The van der Waals surface area contributed by atoms with Crippen LogP contribution >= 0.6 is 0 Å². The Bertz CT molecular complexity index is 844. The van der Waals surface area contributed by atoms with Crippen molar-refractivity contribution in [2.45, 2.75) is 75.7 Å². The van der Waals surface area contributed by atoms with Crippen LogP contribution in [0.5, 0.6) is 0 Å². The first-order chi connectivity index (χ1) is 16.7. The zero-order chi connectivity index (χ0) is 25.0. The number of benzene rings is 1. The number of halogens is 3. The number of hydrogen-bond acceptors (Lipinski definition) is 4. The van der Waals surface area contributed by atoms with Gasteiger partial charge in [0.15, 0.2) is 0 Å². The van der Waals surface area contributed by atoms with Crippen molar-refractivity contribution in [3.8, 4) is 0 Å². The highest BCUT2D eigenvalue weighted by Crippen LogP contribution is 2.40. The number of alkyl halides is 3. The monoisotopic (exact) mass is 495 g/mol. The molecule has 1 saturated carbocycles. The fourth-order valence-electron chi connectivity index (χ4n) is 6.25. The van der Waals surface area contributed by atoms with Crippen LogP contribution in [-0.2, 0) is 4.79 Å². The van der Waals surface area contributed by atoms with Gasteiger partial charge in [-0.15, -0.1) is 0 Å². The molecule has 35 heavy (non-hydrogen) atoms. The number of piperidine rings is 1. The van der Waals surface area contributed by atoms with E-state index < -0.39 is 18.7 Å². The second kappa shape index (κ2) is 11.3. The van der Waals surface area contributed by atoms with Crippen LogP contribution < -0.4 is 5.32 Å². The summed E-state index contributed by atoms with van der Waals surface area (Å²) in [4.78, 5) is 29.0. The van der Waals surface area contributed by atoms with E-state index in [0.717, 1.165) is 25.7 Å². The Hall–Kier alpha value is -2.13. The van der Waals surface area contributed by atoms with E-state index in [9.17, 15) is 27.9 Å². The minimum absolute atomic E-state index is 0.0414. The molecule has 3 aliphatic rings. The Morgan fingerprint density at radius 3 is 2.20 bits per heavy atom. The molecule has 1 aliphatic carbocycles. The number of nitrogens with one attached hydrogen (secondary N) is 1. The van der Waals surface area contributed by atoms with E-state index in [-0.39, 0.29) is 36.6 Å². The van der Waals surface area contributed by atoms with Crippen molar-refractivity contribution < 1.29 is 27.9 Å². The molecule has 2 N–H and O–H groups in total. The van der Waals surface area contributed by atoms with Crippen LogP contribution in [0.3, 0.4) is 0 Å². The third-order valence-corrected chi connectivity index (χ3v) is 8.16. The van der Waals surface area contributed by atoms with E-state index in [1.165, 1.54) is 0 Å². The lowest BCUT2D eigenvalue weighted by Crippen LogP contribution is -2.52. The van der Waals surface area contributed by atoms with E-state index in [4.69, 9.17) is 0 Å². The summed E-state index contributed by atoms with van der Waals surface area (Å²) in [5, 5.41) is 12.6. The van der Waals surface area contributed by atoms with E-state index in [1.807, 2.05) is 18.2 Å². The highest BCUT2D eigenvalue weighted by atomic mass is 19.4. The van der Waals surface area contributed by atoms with Crippen LogP contribution in [0, 0.1) is 11.8 Å². The van der Waals surface area contributed by atoms with Crippen LogP contribution in [0.25, 0.3) is 0 Å². The number of rotatable bonds is 8. The maximum atomic E-state index is 13.0. The van der Waals surface area contributed by atoms with Crippen LogP contribution in [0.15, 0.2) is 30.3 Å². The van der Waals surface area contributed by atoms with Gasteiger partial charge in [-0.2, -0.15) is 13.2 Å². The van der Waals surface area contributed by atoms with Gasteiger partial charge in [0, 0.05) is 43.3 Å². The Morgan fingerprint density at radius 2 is 1.63 bits per heavy atom. The minimum atomic E-state index is -4.14. The van der Waals surface area contributed by atoms with Crippen molar-refractivity contribution in [1.82, 2.24) is 15.1 Å². The molecule has 0 aromatic heterocycles. The summed E-state index contributed by atoms with van der Waals surface area (Å²) in [5.74, 6) is -1.61. The summed E-state index contributed by atoms with van der Waals surface area (Å²) >= 11 is 0. The standard InChI is InChI=1S/C26H36F3N3O3/c27-26(28,29)20-8-6-18(7-9-20)16-31(24(34)17-33)12-13-32-22-10-11-23(32)15-21(14-22)30-25(35)19-4-2-1-3-5-19/h1-5,18,20-23,33H,6-17H2,(H,30,35). The molecule has 9 heteroatoms. The van der Waals surface area contributed by atoms with Crippen LogP contribution in [0.1, 0.15) is 61.7 Å². The summed E-state index contributed by atoms with van der Waals surface area (Å²) < 4.78 is 38.9. The molecular formula is C26H36F3N3O3. The fraction of sp³-hybridized carbons (Fsp3) is 0.692. The average Bonchev–Trinajstić information content (AvgIpc) is 3.09. The normalized spacial score (nSPS) is 29.1. The van der Waals surface area contributed by atoms with E-state index >= 15 is 0 Å². The van der Waals surface area contributed by atoms with Gasteiger partial charge in [0.2, 0.25) is 5.91 Å².